The molecule has 1 unspecified atom stereocenters. The lowest BCUT2D eigenvalue weighted by Gasteiger charge is -2.36. The van der Waals surface area contributed by atoms with Crippen LogP contribution in [0.5, 0.6) is 0 Å². The van der Waals surface area contributed by atoms with Crippen molar-refractivity contribution in [2.75, 3.05) is 50.8 Å². The molecule has 7 nitrogen and oxygen atoms in total. The first-order valence-corrected chi connectivity index (χ1v) is 13.6. The number of aromatic nitrogens is 1. The highest BCUT2D eigenvalue weighted by Crippen LogP contribution is 2.47. The van der Waals surface area contributed by atoms with Crippen molar-refractivity contribution in [3.63, 3.8) is 0 Å². The van der Waals surface area contributed by atoms with E-state index in [9.17, 15) is 9.59 Å². The van der Waals surface area contributed by atoms with Crippen LogP contribution in [0.1, 0.15) is 77.4 Å². The Bertz CT molecular complexity index is 1120. The molecule has 190 valence electrons. The highest BCUT2D eigenvalue weighted by molar-refractivity contribution is 5.94. The zero-order valence-corrected chi connectivity index (χ0v) is 21.1. The summed E-state index contributed by atoms with van der Waals surface area (Å²) in [4.78, 5) is 34.9. The number of piperazine rings is 1. The molecule has 0 spiro atoms. The van der Waals surface area contributed by atoms with E-state index < -0.39 is 0 Å². The third kappa shape index (κ3) is 4.73. The smallest absolute Gasteiger partial charge is 0.253 e. The Morgan fingerprint density at radius 1 is 1.03 bits per heavy atom. The maximum Gasteiger partial charge on any atom is 0.253 e. The number of carbonyl (C=O) groups excluding carboxylic acids is 2. The van der Waals surface area contributed by atoms with Crippen LogP contribution in [0.4, 0.5) is 5.82 Å². The second-order valence-corrected chi connectivity index (χ2v) is 10.8. The maximum atomic E-state index is 13.2. The Morgan fingerprint density at radius 3 is 2.42 bits per heavy atom. The summed E-state index contributed by atoms with van der Waals surface area (Å²) in [6.07, 6.45) is 7.23. The molecule has 4 aliphatic rings. The van der Waals surface area contributed by atoms with Crippen LogP contribution in [0, 0.1) is 5.92 Å². The number of amides is 2. The summed E-state index contributed by atoms with van der Waals surface area (Å²) in [5.74, 6) is 2.53. The van der Waals surface area contributed by atoms with E-state index in [1.54, 1.807) is 0 Å². The van der Waals surface area contributed by atoms with Crippen molar-refractivity contribution in [3.8, 4) is 0 Å². The average Bonchev–Trinajstić information content (AvgIpc) is 3.85. The average molecular weight is 489 g/mol. The Hall–Kier alpha value is -2.93. The quantitative estimate of drug-likeness (QED) is 0.614. The third-order valence-electron chi connectivity index (χ3n) is 8.19. The minimum Gasteiger partial charge on any atom is -0.381 e. The molecule has 2 saturated carbocycles. The van der Waals surface area contributed by atoms with Crippen LogP contribution >= 0.6 is 0 Å². The molecule has 4 fully saturated rings. The first-order valence-electron chi connectivity index (χ1n) is 13.6. The number of hydrogen-bond donors (Lipinski definition) is 1. The Morgan fingerprint density at radius 2 is 1.75 bits per heavy atom. The number of nitrogens with one attached hydrogen (secondary N) is 1. The summed E-state index contributed by atoms with van der Waals surface area (Å²) in [5.41, 5.74) is 4.47. The van der Waals surface area contributed by atoms with Gasteiger partial charge in [0.1, 0.15) is 5.82 Å². The van der Waals surface area contributed by atoms with Gasteiger partial charge in [-0.25, -0.2) is 4.98 Å². The lowest BCUT2D eigenvalue weighted by Crippen LogP contribution is -2.49. The van der Waals surface area contributed by atoms with E-state index in [-0.39, 0.29) is 23.7 Å². The van der Waals surface area contributed by atoms with Gasteiger partial charge in [0.15, 0.2) is 0 Å². The van der Waals surface area contributed by atoms with Crippen molar-refractivity contribution < 1.29 is 14.3 Å². The van der Waals surface area contributed by atoms with E-state index in [4.69, 9.17) is 9.72 Å². The summed E-state index contributed by atoms with van der Waals surface area (Å²) in [6.45, 7) is 6.80. The third-order valence-corrected chi connectivity index (χ3v) is 8.19. The van der Waals surface area contributed by atoms with Gasteiger partial charge in [0.25, 0.3) is 5.91 Å². The zero-order chi connectivity index (χ0) is 24.6. The molecule has 0 radical (unpaired) electrons. The van der Waals surface area contributed by atoms with Crippen LogP contribution in [0.3, 0.4) is 0 Å². The van der Waals surface area contributed by atoms with Gasteiger partial charge in [-0.2, -0.15) is 0 Å². The van der Waals surface area contributed by atoms with Crippen LogP contribution in [-0.4, -0.2) is 67.6 Å². The fourth-order valence-electron chi connectivity index (χ4n) is 5.75. The van der Waals surface area contributed by atoms with E-state index in [0.29, 0.717) is 44.3 Å². The van der Waals surface area contributed by atoms with Gasteiger partial charge in [0.05, 0.1) is 12.5 Å². The number of benzene rings is 1. The van der Waals surface area contributed by atoms with Crippen LogP contribution < -0.4 is 10.2 Å². The SMILES string of the molecule is CCOCC1CNC(=O)[C@H]1c1ccc(C(=O)N2CCN(c3ncc(C4CC4)cc3C3CC3)CC2)cc1. The normalized spacial score (nSPS) is 24.2. The molecule has 3 heterocycles. The molecule has 1 N–H and O–H groups in total. The summed E-state index contributed by atoms with van der Waals surface area (Å²) >= 11 is 0. The van der Waals surface area contributed by atoms with Crippen LogP contribution in [0.15, 0.2) is 36.5 Å². The van der Waals surface area contributed by atoms with Gasteiger partial charge in [0.2, 0.25) is 5.91 Å². The minimum atomic E-state index is -0.219. The summed E-state index contributed by atoms with van der Waals surface area (Å²) in [5, 5.41) is 2.96. The maximum absolute atomic E-state index is 13.2. The van der Waals surface area contributed by atoms with Gasteiger partial charge in [-0.15, -0.1) is 0 Å². The van der Waals surface area contributed by atoms with Gasteiger partial charge in [0, 0.05) is 57.0 Å². The van der Waals surface area contributed by atoms with Gasteiger partial charge >= 0.3 is 0 Å². The molecule has 2 aromatic rings. The summed E-state index contributed by atoms with van der Waals surface area (Å²) in [7, 11) is 0. The molecule has 2 aliphatic heterocycles. The van der Waals surface area contributed by atoms with Gasteiger partial charge in [-0.05, 0) is 73.3 Å². The predicted octanol–water partition coefficient (Wildman–Crippen LogP) is 3.66. The van der Waals surface area contributed by atoms with Crippen molar-refractivity contribution in [1.82, 2.24) is 15.2 Å². The monoisotopic (exact) mass is 488 g/mol. The number of rotatable bonds is 8. The lowest BCUT2D eigenvalue weighted by atomic mass is 9.88. The molecule has 1 aromatic carbocycles. The van der Waals surface area contributed by atoms with E-state index in [0.717, 1.165) is 30.4 Å². The first-order chi connectivity index (χ1) is 17.6. The van der Waals surface area contributed by atoms with Crippen molar-refractivity contribution in [2.45, 2.75) is 50.4 Å². The number of pyridine rings is 1. The fourth-order valence-corrected chi connectivity index (χ4v) is 5.75. The van der Waals surface area contributed by atoms with Crippen molar-refractivity contribution in [3.05, 3.63) is 58.8 Å². The van der Waals surface area contributed by atoms with Crippen LogP contribution in [0.25, 0.3) is 0 Å². The molecular weight excluding hydrogens is 452 g/mol. The van der Waals surface area contributed by atoms with Gasteiger partial charge in [-0.1, -0.05) is 18.2 Å². The van der Waals surface area contributed by atoms with E-state index in [2.05, 4.69) is 22.5 Å². The summed E-state index contributed by atoms with van der Waals surface area (Å²) in [6, 6.07) is 10.0. The summed E-state index contributed by atoms with van der Waals surface area (Å²) < 4.78 is 5.58. The highest BCUT2D eigenvalue weighted by Gasteiger charge is 2.36. The molecule has 7 heteroatoms. The predicted molar refractivity (Wildman–Crippen MR) is 138 cm³/mol. The van der Waals surface area contributed by atoms with Crippen molar-refractivity contribution in [1.29, 1.82) is 0 Å². The van der Waals surface area contributed by atoms with Crippen LogP contribution in [0.2, 0.25) is 0 Å². The Kier molecular flexibility index (Phi) is 6.42. The molecule has 6 rings (SSSR count). The number of anilines is 1. The molecule has 36 heavy (non-hydrogen) atoms. The van der Waals surface area contributed by atoms with Gasteiger partial charge < -0.3 is 19.9 Å². The van der Waals surface area contributed by atoms with E-state index in [1.165, 1.54) is 36.8 Å². The molecule has 1 aromatic heterocycles. The molecule has 2 saturated heterocycles. The number of hydrogen-bond acceptors (Lipinski definition) is 5. The fraction of sp³-hybridized carbons (Fsp3) is 0.552. The molecule has 0 bridgehead atoms. The largest absolute Gasteiger partial charge is 0.381 e. The zero-order valence-electron chi connectivity index (χ0n) is 21.1. The second-order valence-electron chi connectivity index (χ2n) is 10.8. The molecule has 2 amide bonds. The van der Waals surface area contributed by atoms with Crippen molar-refractivity contribution in [2.24, 2.45) is 5.92 Å². The van der Waals surface area contributed by atoms with Crippen LogP contribution in [-0.2, 0) is 9.53 Å². The van der Waals surface area contributed by atoms with E-state index in [1.807, 2.05) is 36.1 Å². The van der Waals surface area contributed by atoms with Gasteiger partial charge in [-0.3, -0.25) is 9.59 Å². The number of nitrogens with zero attached hydrogens (tertiary/aromatic N) is 3. The lowest BCUT2D eigenvalue weighted by molar-refractivity contribution is -0.120. The first kappa shape index (κ1) is 23.5. The standard InChI is InChI=1S/C29H36N4O3/c1-2-36-18-24-17-31-28(34)26(24)21-7-9-22(10-8-21)29(35)33-13-11-32(12-14-33)27-25(20-5-6-20)15-23(16-30-27)19-3-4-19/h7-10,15-16,19-20,24,26H,2-6,11-14,17-18H2,1H3,(H,31,34)/t24?,26-/m0/s1. The highest BCUT2D eigenvalue weighted by atomic mass is 16.5. The molecular formula is C29H36N4O3. The minimum absolute atomic E-state index is 0.0410. The Labute approximate surface area is 213 Å². The van der Waals surface area contributed by atoms with Crippen molar-refractivity contribution >= 4 is 17.6 Å². The number of carbonyl (C=O) groups is 2. The second kappa shape index (κ2) is 9.85. The molecule has 2 aliphatic carbocycles. The molecule has 2 atom stereocenters. The Balaban J connectivity index is 1.09. The topological polar surface area (TPSA) is 74.8 Å². The number of ether oxygens (including phenoxy) is 1. The van der Waals surface area contributed by atoms with E-state index >= 15 is 0 Å².